The first-order valence-corrected chi connectivity index (χ1v) is 8.72. The molecule has 2 rings (SSSR count). The molecule has 1 aromatic carbocycles. The topological polar surface area (TPSA) is 33.7 Å². The van der Waals surface area contributed by atoms with Crippen LogP contribution in [0.4, 0.5) is 0 Å². The first-order valence-electron chi connectivity index (χ1n) is 7.93. The highest BCUT2D eigenvalue weighted by Gasteiger charge is 2.26. The van der Waals surface area contributed by atoms with E-state index in [1.807, 2.05) is 6.07 Å². The number of rotatable bonds is 6. The van der Waals surface area contributed by atoms with Crippen molar-refractivity contribution in [2.75, 3.05) is 40.4 Å². The summed E-state index contributed by atoms with van der Waals surface area (Å²) in [6, 6.07) is 4.54. The lowest BCUT2D eigenvalue weighted by Crippen LogP contribution is -2.45. The molecule has 0 aliphatic carbocycles. The van der Waals surface area contributed by atoms with Crippen molar-refractivity contribution in [3.63, 3.8) is 0 Å². The van der Waals surface area contributed by atoms with Crippen molar-refractivity contribution >= 4 is 40.7 Å². The molecule has 1 atom stereocenters. The maximum Gasteiger partial charge on any atom is 0.161 e. The lowest BCUT2D eigenvalue weighted by Gasteiger charge is -2.36. The summed E-state index contributed by atoms with van der Waals surface area (Å²) < 4.78 is 12.0. The predicted octanol–water partition coefficient (Wildman–Crippen LogP) is 4.30. The minimum Gasteiger partial charge on any atom is -0.493 e. The number of hydrogen-bond donors (Lipinski definition) is 1. The molecule has 7 heteroatoms. The van der Waals surface area contributed by atoms with Crippen molar-refractivity contribution in [1.82, 2.24) is 10.2 Å². The predicted molar refractivity (Wildman–Crippen MR) is 108 cm³/mol. The molecule has 4 nitrogen and oxygen atoms in total. The molecule has 0 bridgehead atoms. The van der Waals surface area contributed by atoms with Gasteiger partial charge < -0.3 is 14.8 Å². The third-order valence-electron chi connectivity index (χ3n) is 4.15. The third kappa shape index (κ3) is 5.95. The Bertz CT molecular complexity index is 498. The fourth-order valence-electron chi connectivity index (χ4n) is 3.04. The molecular weight excluding hydrogens is 415 g/mol. The number of benzene rings is 1. The van der Waals surface area contributed by atoms with E-state index in [2.05, 4.69) is 46.1 Å². The number of nitrogens with zero attached hydrogens (tertiary/aromatic N) is 1. The van der Waals surface area contributed by atoms with Gasteiger partial charge in [0, 0.05) is 36.7 Å². The van der Waals surface area contributed by atoms with Crippen LogP contribution in [0.2, 0.25) is 0 Å². The summed E-state index contributed by atoms with van der Waals surface area (Å²) in [5.74, 6) is 2.20. The van der Waals surface area contributed by atoms with E-state index in [-0.39, 0.29) is 24.8 Å². The van der Waals surface area contributed by atoms with Crippen LogP contribution in [-0.4, -0.2) is 45.3 Å². The van der Waals surface area contributed by atoms with Crippen molar-refractivity contribution in [3.05, 3.63) is 22.2 Å². The zero-order chi connectivity index (χ0) is 16.1. The van der Waals surface area contributed by atoms with Crippen LogP contribution in [0.5, 0.6) is 11.5 Å². The molecular formula is C17H29BrCl2N2O2. The van der Waals surface area contributed by atoms with Crippen molar-refractivity contribution in [2.45, 2.75) is 26.3 Å². The first-order chi connectivity index (χ1) is 10.6. The minimum atomic E-state index is 0. The van der Waals surface area contributed by atoms with E-state index >= 15 is 0 Å². The standard InChI is InChI=1S/C17H27BrN2O2.2ClH/c1-12(2)9-15(20-7-5-19-6-8-20)13-10-16(21-3)17(22-4)11-14(13)18;;/h10-12,15,19H,5-9H2,1-4H3;2*1H/t15-;;/m1../s1. The van der Waals surface area contributed by atoms with Gasteiger partial charge in [-0.15, -0.1) is 24.8 Å². The Morgan fingerprint density at radius 2 is 1.62 bits per heavy atom. The van der Waals surface area contributed by atoms with Gasteiger partial charge in [-0.3, -0.25) is 4.90 Å². The van der Waals surface area contributed by atoms with Crippen molar-refractivity contribution < 1.29 is 9.47 Å². The highest BCUT2D eigenvalue weighted by molar-refractivity contribution is 9.10. The van der Waals surface area contributed by atoms with E-state index in [1.54, 1.807) is 14.2 Å². The Balaban J connectivity index is 0.00000264. The van der Waals surface area contributed by atoms with Crippen molar-refractivity contribution in [1.29, 1.82) is 0 Å². The second kappa shape index (κ2) is 11.4. The van der Waals surface area contributed by atoms with Gasteiger partial charge in [-0.1, -0.05) is 29.8 Å². The van der Waals surface area contributed by atoms with Gasteiger partial charge in [0.1, 0.15) is 0 Å². The summed E-state index contributed by atoms with van der Waals surface area (Å²) in [4.78, 5) is 2.57. The smallest absolute Gasteiger partial charge is 0.161 e. The summed E-state index contributed by atoms with van der Waals surface area (Å²) >= 11 is 3.73. The Morgan fingerprint density at radius 3 is 2.12 bits per heavy atom. The van der Waals surface area contributed by atoms with Gasteiger partial charge in [-0.05, 0) is 30.0 Å². The lowest BCUT2D eigenvalue weighted by molar-refractivity contribution is 0.153. The van der Waals surface area contributed by atoms with E-state index in [1.165, 1.54) is 5.56 Å². The molecule has 0 aromatic heterocycles. The summed E-state index contributed by atoms with van der Waals surface area (Å²) in [5.41, 5.74) is 1.29. The summed E-state index contributed by atoms with van der Waals surface area (Å²) in [7, 11) is 3.36. The van der Waals surface area contributed by atoms with Gasteiger partial charge >= 0.3 is 0 Å². The van der Waals surface area contributed by atoms with E-state index < -0.39 is 0 Å². The maximum atomic E-state index is 5.50. The van der Waals surface area contributed by atoms with E-state index in [4.69, 9.17) is 9.47 Å². The molecule has 1 fully saturated rings. The van der Waals surface area contributed by atoms with Crippen LogP contribution in [0.3, 0.4) is 0 Å². The van der Waals surface area contributed by atoms with Crippen LogP contribution in [0.25, 0.3) is 0 Å². The second-order valence-electron chi connectivity index (χ2n) is 6.16. The molecule has 0 amide bonds. The summed E-state index contributed by atoms with van der Waals surface area (Å²) in [6.07, 6.45) is 1.13. The normalized spacial score (nSPS) is 16.1. The summed E-state index contributed by atoms with van der Waals surface area (Å²) in [5, 5.41) is 3.43. The highest BCUT2D eigenvalue weighted by atomic mass is 79.9. The highest BCUT2D eigenvalue weighted by Crippen LogP contribution is 2.40. The first kappa shape index (κ1) is 23.8. The Hall–Kier alpha value is -0.200. The number of halogens is 3. The van der Waals surface area contributed by atoms with E-state index in [0.717, 1.165) is 48.6 Å². The zero-order valence-corrected chi connectivity index (χ0v) is 18.0. The van der Waals surface area contributed by atoms with Crippen LogP contribution < -0.4 is 14.8 Å². The minimum absolute atomic E-state index is 0. The molecule has 1 saturated heterocycles. The van der Waals surface area contributed by atoms with Crippen LogP contribution >= 0.6 is 40.7 Å². The molecule has 1 N–H and O–H groups in total. The van der Waals surface area contributed by atoms with Gasteiger partial charge in [-0.2, -0.15) is 0 Å². The molecule has 0 unspecified atom stereocenters. The molecule has 0 spiro atoms. The molecule has 24 heavy (non-hydrogen) atoms. The molecule has 1 aromatic rings. The fourth-order valence-corrected chi connectivity index (χ4v) is 3.62. The van der Waals surface area contributed by atoms with Crippen LogP contribution in [0.1, 0.15) is 31.9 Å². The molecule has 1 aliphatic rings. The van der Waals surface area contributed by atoms with Gasteiger partial charge in [0.05, 0.1) is 14.2 Å². The Labute approximate surface area is 166 Å². The number of methoxy groups -OCH3 is 2. The van der Waals surface area contributed by atoms with Crippen LogP contribution in [0.15, 0.2) is 16.6 Å². The average Bonchev–Trinajstić information content (AvgIpc) is 2.53. The SMILES string of the molecule is COc1cc(Br)c([C@@H](CC(C)C)N2CCNCC2)cc1OC.Cl.Cl. The summed E-state index contributed by atoms with van der Waals surface area (Å²) in [6.45, 7) is 8.84. The molecule has 1 aliphatic heterocycles. The van der Waals surface area contributed by atoms with Gasteiger partial charge in [0.15, 0.2) is 11.5 Å². The van der Waals surface area contributed by atoms with Gasteiger partial charge in [0.25, 0.3) is 0 Å². The van der Waals surface area contributed by atoms with E-state index in [0.29, 0.717) is 12.0 Å². The van der Waals surface area contributed by atoms with Crippen LogP contribution in [0, 0.1) is 5.92 Å². The average molecular weight is 444 g/mol. The fraction of sp³-hybridized carbons (Fsp3) is 0.647. The number of piperazine rings is 1. The molecule has 0 saturated carbocycles. The number of hydrogen-bond acceptors (Lipinski definition) is 4. The van der Waals surface area contributed by atoms with Crippen LogP contribution in [-0.2, 0) is 0 Å². The quantitative estimate of drug-likeness (QED) is 0.710. The zero-order valence-electron chi connectivity index (χ0n) is 14.8. The maximum absolute atomic E-state index is 5.50. The number of nitrogens with one attached hydrogen (secondary N) is 1. The largest absolute Gasteiger partial charge is 0.493 e. The van der Waals surface area contributed by atoms with Gasteiger partial charge in [-0.25, -0.2) is 0 Å². The molecule has 0 radical (unpaired) electrons. The van der Waals surface area contributed by atoms with E-state index in [9.17, 15) is 0 Å². The van der Waals surface area contributed by atoms with Crippen molar-refractivity contribution in [3.8, 4) is 11.5 Å². The molecule has 140 valence electrons. The van der Waals surface area contributed by atoms with Gasteiger partial charge in [0.2, 0.25) is 0 Å². The Kier molecular flexibility index (Phi) is 11.3. The third-order valence-corrected chi connectivity index (χ3v) is 4.84. The molecule has 1 heterocycles. The second-order valence-corrected chi connectivity index (χ2v) is 7.01. The lowest BCUT2D eigenvalue weighted by atomic mass is 9.94. The van der Waals surface area contributed by atoms with Crippen molar-refractivity contribution in [2.24, 2.45) is 5.92 Å². The monoisotopic (exact) mass is 442 g/mol. The number of ether oxygens (including phenoxy) is 2. The Morgan fingerprint density at radius 1 is 1.08 bits per heavy atom.